The van der Waals surface area contributed by atoms with Crippen molar-refractivity contribution in [3.05, 3.63) is 95.9 Å². The molecule has 0 spiro atoms. The molecule has 0 radical (unpaired) electrons. The lowest BCUT2D eigenvalue weighted by atomic mass is 10.3. The van der Waals surface area contributed by atoms with Crippen molar-refractivity contribution in [2.45, 2.75) is 32.6 Å². The monoisotopic (exact) mass is 1050 g/mol. The second-order valence-electron chi connectivity index (χ2n) is 17.8. The van der Waals surface area contributed by atoms with Crippen LogP contribution in [0.3, 0.4) is 0 Å². The lowest BCUT2D eigenvalue weighted by Crippen LogP contribution is -2.38. The van der Waals surface area contributed by atoms with Crippen LogP contribution in [0.4, 0.5) is 34.4 Å². The number of amides is 9. The van der Waals surface area contributed by atoms with E-state index in [2.05, 4.69) is 67.7 Å². The van der Waals surface area contributed by atoms with Gasteiger partial charge in [0.05, 0.1) is 29.3 Å². The maximum atomic E-state index is 13.3. The van der Waals surface area contributed by atoms with Crippen molar-refractivity contribution in [2.75, 3.05) is 78.2 Å². The number of rotatable bonds is 25. The smallest absolute Gasteiger partial charge is 0.292 e. The fourth-order valence-corrected chi connectivity index (χ4v) is 7.71. The van der Waals surface area contributed by atoms with Gasteiger partial charge in [-0.3, -0.25) is 43.2 Å². The molecule has 0 fully saturated rings. The van der Waals surface area contributed by atoms with Crippen LogP contribution in [0.25, 0.3) is 0 Å². The molecule has 404 valence electrons. The largest absolute Gasteiger partial charge is 0.355 e. The summed E-state index contributed by atoms with van der Waals surface area (Å²) < 4.78 is 7.36. The zero-order chi connectivity index (χ0) is 55.2. The summed E-state index contributed by atoms with van der Waals surface area (Å²) in [6.45, 7) is 4.00. The minimum atomic E-state index is -0.679. The molecule has 0 saturated heterocycles. The van der Waals surface area contributed by atoms with Gasteiger partial charge in [-0.2, -0.15) is 0 Å². The van der Waals surface area contributed by atoms with Crippen LogP contribution in [0.1, 0.15) is 95.8 Å². The number of hydrogen-bond acceptors (Lipinski definition) is 13. The zero-order valence-corrected chi connectivity index (χ0v) is 43.2. The summed E-state index contributed by atoms with van der Waals surface area (Å²) in [5.74, 6) is -4.31. The van der Waals surface area contributed by atoms with E-state index in [0.29, 0.717) is 30.2 Å². The van der Waals surface area contributed by atoms with Gasteiger partial charge < -0.3 is 86.3 Å². The van der Waals surface area contributed by atoms with Crippen LogP contribution in [0.2, 0.25) is 0 Å². The van der Waals surface area contributed by atoms with Crippen LogP contribution in [-0.2, 0) is 49.6 Å². The molecule has 6 rings (SSSR count). The highest BCUT2D eigenvalue weighted by Crippen LogP contribution is 2.20. The molecule has 0 aliphatic carbocycles. The Morgan fingerprint density at radius 2 is 1.03 bits per heavy atom. The topological polar surface area (TPSA) is 357 Å². The van der Waals surface area contributed by atoms with Crippen LogP contribution >= 0.6 is 0 Å². The number of nitrogens with one attached hydrogen (secondary N) is 10. The van der Waals surface area contributed by atoms with E-state index in [0.717, 1.165) is 25.9 Å². The molecule has 0 atom stereocenters. The van der Waals surface area contributed by atoms with Gasteiger partial charge in [-0.05, 0) is 70.2 Å². The van der Waals surface area contributed by atoms with Gasteiger partial charge in [-0.25, -0.2) is 9.97 Å². The Balaban J connectivity index is 0.907. The van der Waals surface area contributed by atoms with Crippen LogP contribution in [-0.4, -0.2) is 142 Å². The van der Waals surface area contributed by atoms with Gasteiger partial charge in [0.15, 0.2) is 11.6 Å². The molecule has 0 aliphatic heterocycles. The van der Waals surface area contributed by atoms with Crippen LogP contribution < -0.4 is 53.6 Å². The SMILES string of the molecule is CC(=O)Nc1c[nH]c(C(=O)Nc2cc(C(=O)Nc3cc(C(=O)NCCCC(=O)Nc4cn(C)c(C(=O)Nc5cn(C)c(C(=O)Nc6cc(C(=O)NCC(=O)NCCCN(C)CCCN)n(C)c6)n5)n4)n(C)c3)n(C)c2)c1. The Hall–Kier alpha value is -9.31. The summed E-state index contributed by atoms with van der Waals surface area (Å²) in [5.41, 5.74) is 7.80. The Kier molecular flexibility index (Phi) is 18.8. The number of hydrogen-bond donors (Lipinski definition) is 11. The highest BCUT2D eigenvalue weighted by molar-refractivity contribution is 6.08. The third kappa shape index (κ3) is 15.4. The molecule has 12 N–H and O–H groups in total. The predicted octanol–water partition coefficient (Wildman–Crippen LogP) is 1.13. The number of anilines is 6. The Morgan fingerprint density at radius 3 is 1.61 bits per heavy atom. The van der Waals surface area contributed by atoms with E-state index in [-0.39, 0.29) is 89.5 Å². The highest BCUT2D eigenvalue weighted by atomic mass is 16.2. The van der Waals surface area contributed by atoms with Crippen molar-refractivity contribution >= 4 is 87.5 Å². The summed E-state index contributed by atoms with van der Waals surface area (Å²) in [5, 5.41) is 24.1. The van der Waals surface area contributed by atoms with Gasteiger partial charge in [-0.15, -0.1) is 0 Å². The molecule has 0 bridgehead atoms. The van der Waals surface area contributed by atoms with Crippen molar-refractivity contribution in [3.63, 3.8) is 0 Å². The quantitative estimate of drug-likeness (QED) is 0.0359. The van der Waals surface area contributed by atoms with E-state index in [1.54, 1.807) is 47.6 Å². The van der Waals surface area contributed by atoms with E-state index in [4.69, 9.17) is 5.73 Å². The first-order valence-electron chi connectivity index (χ1n) is 24.0. The fraction of sp³-hybridized carbons (Fsp3) is 0.354. The van der Waals surface area contributed by atoms with Crippen LogP contribution in [0, 0.1) is 0 Å². The Labute approximate surface area is 435 Å². The van der Waals surface area contributed by atoms with Gasteiger partial charge in [0.25, 0.3) is 35.4 Å². The number of carbonyl (C=O) groups excluding carboxylic acids is 9. The molecular formula is C48H63N19O9. The maximum Gasteiger partial charge on any atom is 0.292 e. The first-order valence-corrected chi connectivity index (χ1v) is 24.0. The average Bonchev–Trinajstić information content (AvgIpc) is 4.24. The number of nitrogens with zero attached hydrogens (tertiary/aromatic N) is 8. The molecule has 28 nitrogen and oxygen atoms in total. The first-order chi connectivity index (χ1) is 36.2. The maximum absolute atomic E-state index is 13.3. The van der Waals surface area contributed by atoms with Gasteiger partial charge in [0.1, 0.15) is 22.8 Å². The van der Waals surface area contributed by atoms with Crippen molar-refractivity contribution < 1.29 is 43.2 Å². The number of aromatic nitrogens is 8. The summed E-state index contributed by atoms with van der Waals surface area (Å²) >= 11 is 0. The van der Waals surface area contributed by atoms with E-state index < -0.39 is 41.4 Å². The summed E-state index contributed by atoms with van der Waals surface area (Å²) in [6.07, 6.45) is 10.9. The number of H-pyrrole nitrogens is 1. The normalized spacial score (nSPS) is 11.0. The van der Waals surface area contributed by atoms with Gasteiger partial charge in [-0.1, -0.05) is 0 Å². The summed E-state index contributed by atoms with van der Waals surface area (Å²) in [4.78, 5) is 128. The summed E-state index contributed by atoms with van der Waals surface area (Å²) in [6, 6.07) is 5.91. The molecular weight excluding hydrogens is 987 g/mol. The fourth-order valence-electron chi connectivity index (χ4n) is 7.71. The minimum absolute atomic E-state index is 0.000508. The van der Waals surface area contributed by atoms with Crippen LogP contribution in [0.15, 0.2) is 61.4 Å². The van der Waals surface area contributed by atoms with Crippen LogP contribution in [0.5, 0.6) is 0 Å². The molecule has 0 aromatic carbocycles. The second kappa shape index (κ2) is 25.6. The Bertz CT molecular complexity index is 3130. The van der Waals surface area contributed by atoms with E-state index in [9.17, 15) is 43.2 Å². The molecule has 28 heteroatoms. The van der Waals surface area contributed by atoms with Crippen molar-refractivity contribution in [2.24, 2.45) is 41.0 Å². The van der Waals surface area contributed by atoms with Crippen molar-refractivity contribution in [1.29, 1.82) is 0 Å². The van der Waals surface area contributed by atoms with E-state index in [1.165, 1.54) is 78.8 Å². The highest BCUT2D eigenvalue weighted by Gasteiger charge is 2.22. The predicted molar refractivity (Wildman–Crippen MR) is 281 cm³/mol. The van der Waals surface area contributed by atoms with E-state index >= 15 is 0 Å². The van der Waals surface area contributed by atoms with Gasteiger partial charge >= 0.3 is 0 Å². The first kappa shape index (κ1) is 56.0. The van der Waals surface area contributed by atoms with Gasteiger partial charge in [0, 0.05) is 98.9 Å². The molecule has 0 saturated carbocycles. The lowest BCUT2D eigenvalue weighted by Gasteiger charge is -2.15. The molecule has 6 heterocycles. The molecule has 0 aliphatic rings. The number of aryl methyl sites for hydroxylation is 5. The van der Waals surface area contributed by atoms with Gasteiger partial charge in [0.2, 0.25) is 29.4 Å². The number of aromatic amines is 1. The third-order valence-corrected chi connectivity index (χ3v) is 11.5. The molecule has 9 amide bonds. The van der Waals surface area contributed by atoms with E-state index in [1.807, 2.05) is 7.05 Å². The zero-order valence-electron chi connectivity index (χ0n) is 43.2. The molecule has 6 aromatic heterocycles. The molecule has 76 heavy (non-hydrogen) atoms. The van der Waals surface area contributed by atoms with Crippen molar-refractivity contribution in [3.8, 4) is 0 Å². The number of imidazole rings is 2. The number of nitrogens with two attached hydrogens (primary N) is 1. The third-order valence-electron chi connectivity index (χ3n) is 11.5. The average molecular weight is 1050 g/mol. The molecule has 6 aromatic rings. The lowest BCUT2D eigenvalue weighted by molar-refractivity contribution is -0.120. The minimum Gasteiger partial charge on any atom is -0.355 e. The second-order valence-corrected chi connectivity index (χ2v) is 17.8. The summed E-state index contributed by atoms with van der Waals surface area (Å²) in [7, 11) is 9.98. The standard InChI is InChI=1S/C48H63N19O9/c1-28(68)54-29-17-33(52-21-29)43(71)55-30-20-36(65(5)23-30)46(74)56-31-18-34(63(3)24-31)44(72)51-13-8-11-39(69)58-37-26-66(6)42(59-37)48(76)61-38-27-67(7)41(60-38)47(75)57-32-19-35(64(4)25-32)45(73)53-22-40(70)50-14-10-16-62(2)15-9-12-49/h17-21,23-27,52H,8-16,22,49H2,1-7H3,(H,50,70)(H,51,72)(H,53,73)(H,54,68)(H,55,71)(H,56,74)(H,57,75)(H,58,69)(H,61,76). The molecule has 0 unspecified atom stereocenters. The van der Waals surface area contributed by atoms with Crippen molar-refractivity contribution in [1.82, 2.24) is 58.6 Å². The Morgan fingerprint density at radius 1 is 0.526 bits per heavy atom. The number of carbonyl (C=O) groups is 9.